The molecule has 1 atom stereocenters. The summed E-state index contributed by atoms with van der Waals surface area (Å²) in [5.74, 6) is 0.265. The molecule has 2 N–H and O–H groups in total. The van der Waals surface area contributed by atoms with E-state index in [1.165, 1.54) is 0 Å². The van der Waals surface area contributed by atoms with Crippen LogP contribution in [-0.4, -0.2) is 32.1 Å². The van der Waals surface area contributed by atoms with Gasteiger partial charge in [0.05, 0.1) is 23.3 Å². The van der Waals surface area contributed by atoms with E-state index in [9.17, 15) is 4.79 Å². The first-order valence-electron chi connectivity index (χ1n) is 11.3. The number of benzene rings is 1. The number of hydrogen-bond acceptors (Lipinski definition) is 4. The Labute approximate surface area is 189 Å². The number of aromatic nitrogens is 4. The Kier molecular flexibility index (Phi) is 6.00. The molecular formula is C25H32N6O. The Morgan fingerprint density at radius 1 is 1.31 bits per heavy atom. The maximum atomic E-state index is 12.9. The van der Waals surface area contributed by atoms with Gasteiger partial charge < -0.3 is 0 Å². The highest BCUT2D eigenvalue weighted by atomic mass is 16.2. The summed E-state index contributed by atoms with van der Waals surface area (Å²) in [6.45, 7) is 10.8. The summed E-state index contributed by atoms with van der Waals surface area (Å²) in [5.41, 5.74) is 9.19. The van der Waals surface area contributed by atoms with Crippen molar-refractivity contribution >= 4 is 12.1 Å². The number of nitrogens with one attached hydrogen (secondary N) is 2. The smallest absolute Gasteiger partial charge is 0.281 e. The summed E-state index contributed by atoms with van der Waals surface area (Å²) in [4.78, 5) is 12.9. The fourth-order valence-electron chi connectivity index (χ4n) is 4.51. The fraction of sp³-hybridized carbons (Fsp3) is 0.440. The van der Waals surface area contributed by atoms with Crippen LogP contribution in [0.15, 0.2) is 35.4 Å². The van der Waals surface area contributed by atoms with E-state index in [1.54, 1.807) is 6.21 Å². The minimum atomic E-state index is -0.278. The Morgan fingerprint density at radius 3 is 2.78 bits per heavy atom. The van der Waals surface area contributed by atoms with Gasteiger partial charge >= 0.3 is 0 Å². The molecule has 0 saturated heterocycles. The lowest BCUT2D eigenvalue weighted by molar-refractivity contribution is 0.0947. The highest BCUT2D eigenvalue weighted by Crippen LogP contribution is 2.40. The van der Waals surface area contributed by atoms with E-state index < -0.39 is 0 Å². The topological polar surface area (TPSA) is 88.0 Å². The molecule has 0 fully saturated rings. The van der Waals surface area contributed by atoms with Crippen molar-refractivity contribution in [1.82, 2.24) is 25.4 Å². The van der Waals surface area contributed by atoms with E-state index in [-0.39, 0.29) is 11.3 Å². The number of hydrazone groups is 1. The third kappa shape index (κ3) is 4.11. The molecule has 1 amide bonds. The van der Waals surface area contributed by atoms with Crippen molar-refractivity contribution in [3.63, 3.8) is 0 Å². The van der Waals surface area contributed by atoms with E-state index in [2.05, 4.69) is 46.6 Å². The van der Waals surface area contributed by atoms with E-state index in [1.807, 2.05) is 48.9 Å². The van der Waals surface area contributed by atoms with Crippen LogP contribution in [0.25, 0.3) is 5.69 Å². The monoisotopic (exact) mass is 432 g/mol. The average molecular weight is 433 g/mol. The highest BCUT2D eigenvalue weighted by molar-refractivity contribution is 5.95. The number of carbonyl (C=O) groups is 1. The Balaban J connectivity index is 1.49. The third-order valence-electron chi connectivity index (χ3n) is 7.09. The lowest BCUT2D eigenvalue weighted by Gasteiger charge is -2.36. The van der Waals surface area contributed by atoms with Crippen molar-refractivity contribution in [2.24, 2.45) is 16.4 Å². The van der Waals surface area contributed by atoms with Crippen molar-refractivity contribution in [1.29, 1.82) is 0 Å². The maximum absolute atomic E-state index is 12.9. The molecule has 1 aliphatic carbocycles. The van der Waals surface area contributed by atoms with Crippen LogP contribution in [0.3, 0.4) is 0 Å². The van der Waals surface area contributed by atoms with Crippen LogP contribution < -0.4 is 5.43 Å². The first-order chi connectivity index (χ1) is 15.3. The van der Waals surface area contributed by atoms with E-state index in [0.717, 1.165) is 59.6 Å². The van der Waals surface area contributed by atoms with E-state index >= 15 is 0 Å². The number of nitrogens with zero attached hydrogens (tertiary/aromatic N) is 4. The van der Waals surface area contributed by atoms with Crippen molar-refractivity contribution in [3.8, 4) is 5.69 Å². The number of para-hydroxylation sites is 1. The van der Waals surface area contributed by atoms with Gasteiger partial charge in [0.1, 0.15) is 0 Å². The van der Waals surface area contributed by atoms with Gasteiger partial charge in [0.25, 0.3) is 5.91 Å². The predicted octanol–water partition coefficient (Wildman–Crippen LogP) is 4.52. The van der Waals surface area contributed by atoms with Gasteiger partial charge in [-0.25, -0.2) is 10.1 Å². The summed E-state index contributed by atoms with van der Waals surface area (Å²) in [6.07, 6.45) is 5.72. The van der Waals surface area contributed by atoms with Gasteiger partial charge in [0.15, 0.2) is 5.69 Å². The zero-order valence-electron chi connectivity index (χ0n) is 19.6. The van der Waals surface area contributed by atoms with Gasteiger partial charge in [0.2, 0.25) is 0 Å². The van der Waals surface area contributed by atoms with Crippen molar-refractivity contribution < 1.29 is 4.79 Å². The second-order valence-corrected chi connectivity index (χ2v) is 9.34. The number of H-pyrrole nitrogens is 1. The molecule has 3 aromatic rings. The van der Waals surface area contributed by atoms with Crippen molar-refractivity contribution in [2.75, 3.05) is 0 Å². The van der Waals surface area contributed by atoms with Crippen LogP contribution in [0, 0.1) is 25.2 Å². The molecule has 1 unspecified atom stereocenters. The van der Waals surface area contributed by atoms with Gasteiger partial charge in [-0.05, 0) is 56.6 Å². The zero-order chi connectivity index (χ0) is 22.9. The molecule has 0 saturated carbocycles. The molecule has 0 bridgehead atoms. The minimum Gasteiger partial charge on any atom is -0.281 e. The second-order valence-electron chi connectivity index (χ2n) is 9.34. The number of fused-ring (bicyclic) bond motifs is 1. The highest BCUT2D eigenvalue weighted by Gasteiger charge is 2.34. The molecule has 1 aliphatic rings. The van der Waals surface area contributed by atoms with Gasteiger partial charge in [-0.2, -0.15) is 15.3 Å². The minimum absolute atomic E-state index is 0.245. The molecule has 0 aliphatic heterocycles. The molecule has 2 heterocycles. The third-order valence-corrected chi connectivity index (χ3v) is 7.09. The number of hydrogen-bond donors (Lipinski definition) is 2. The largest absolute Gasteiger partial charge is 0.292 e. The van der Waals surface area contributed by atoms with Crippen molar-refractivity contribution in [3.05, 3.63) is 64.2 Å². The van der Waals surface area contributed by atoms with Crippen LogP contribution in [0.2, 0.25) is 0 Å². The Morgan fingerprint density at radius 2 is 2.06 bits per heavy atom. The summed E-state index contributed by atoms with van der Waals surface area (Å²) >= 11 is 0. The van der Waals surface area contributed by atoms with Gasteiger partial charge in [-0.1, -0.05) is 45.4 Å². The van der Waals surface area contributed by atoms with Gasteiger partial charge in [-0.3, -0.25) is 9.89 Å². The summed E-state index contributed by atoms with van der Waals surface area (Å²) in [6, 6.07) is 9.96. The first-order valence-corrected chi connectivity index (χ1v) is 11.3. The number of rotatable bonds is 6. The normalized spacial score (nSPS) is 16.3. The fourth-order valence-corrected chi connectivity index (χ4v) is 4.51. The lowest BCUT2D eigenvalue weighted by Crippen LogP contribution is -2.30. The standard InChI is InChI=1S/C25H32N6O/c1-6-25(4,5)18-12-13-22-20(14-18)23(28-27-22)24(32)29-26-15-21-16(2)30-31(17(21)3)19-10-8-7-9-11-19/h7-11,15,18H,6,12-14H2,1-5H3,(H,27,28)(H,29,32). The molecule has 4 rings (SSSR count). The van der Waals surface area contributed by atoms with Crippen molar-refractivity contribution in [2.45, 2.75) is 60.3 Å². The first kappa shape index (κ1) is 22.0. The van der Waals surface area contributed by atoms with Crippen LogP contribution in [0.1, 0.15) is 72.3 Å². The molecule has 1 aromatic carbocycles. The SMILES string of the molecule is CCC(C)(C)C1CCc2[nH]nc(C(=O)NN=Cc3c(C)nn(-c4ccccc4)c3C)c2C1. The molecule has 2 aromatic heterocycles. The molecule has 168 valence electrons. The van der Waals surface area contributed by atoms with Crippen LogP contribution in [0.4, 0.5) is 0 Å². The van der Waals surface area contributed by atoms with Crippen LogP contribution >= 0.6 is 0 Å². The zero-order valence-corrected chi connectivity index (χ0v) is 19.6. The molecule has 32 heavy (non-hydrogen) atoms. The van der Waals surface area contributed by atoms with Crippen LogP contribution in [0.5, 0.6) is 0 Å². The molecular weight excluding hydrogens is 400 g/mol. The lowest BCUT2D eigenvalue weighted by atomic mass is 9.69. The number of aromatic amines is 1. The maximum Gasteiger partial charge on any atom is 0.292 e. The quantitative estimate of drug-likeness (QED) is 0.443. The summed E-state index contributed by atoms with van der Waals surface area (Å²) < 4.78 is 1.89. The Bertz CT molecular complexity index is 1140. The molecule has 0 spiro atoms. The Hall–Kier alpha value is -3.22. The predicted molar refractivity (Wildman–Crippen MR) is 126 cm³/mol. The molecule has 7 heteroatoms. The molecule has 0 radical (unpaired) electrons. The second kappa shape index (κ2) is 8.73. The molecule has 7 nitrogen and oxygen atoms in total. The van der Waals surface area contributed by atoms with Crippen LogP contribution in [-0.2, 0) is 12.8 Å². The van der Waals surface area contributed by atoms with E-state index in [4.69, 9.17) is 0 Å². The number of aryl methyl sites for hydroxylation is 2. The number of amides is 1. The van der Waals surface area contributed by atoms with Gasteiger partial charge in [-0.15, -0.1) is 0 Å². The summed E-state index contributed by atoms with van der Waals surface area (Å²) in [7, 11) is 0. The summed E-state index contributed by atoms with van der Waals surface area (Å²) in [5, 5.41) is 16.2. The van der Waals surface area contributed by atoms with E-state index in [0.29, 0.717) is 11.6 Å². The average Bonchev–Trinajstić information content (AvgIpc) is 3.35. The number of carbonyl (C=O) groups excluding carboxylic acids is 1. The van der Waals surface area contributed by atoms with Gasteiger partial charge in [0, 0.05) is 16.8 Å².